The molecule has 4 rings (SSSR count). The standard InChI is InChI=1S/C47H73N3O13/c1-8-36(52)33(4)44-37(61-44)29-46(5,59)22-13-14-31(2)43-32(3)15-17-38(47(6,60-7)23-21-35(51)28-42(57)63-43)62-45(58)49-27-26-48(34(30-49)16-20-41(55)56)24-11-9-10-12-25-50-39(53)18-19-40(50)54/h13-15,17-19,22,32-38,43-44,51-52,59H,8-12,16,20-21,23-30H2,1-7H3,(H,55,56)/b17-15+,22-13+,31-14+/t32-,33+,34+,35+,36-,37+,38-,43+,44+,46?,47+/m0/s1. The van der Waals surface area contributed by atoms with Crippen molar-refractivity contribution in [2.75, 3.05) is 39.8 Å². The molecule has 16 heteroatoms. The number of hydrogen-bond donors (Lipinski definition) is 4. The lowest BCUT2D eigenvalue weighted by molar-refractivity contribution is -0.151. The number of carbonyl (C=O) groups is 5. The first kappa shape index (κ1) is 51.7. The van der Waals surface area contributed by atoms with E-state index in [4.69, 9.17) is 18.9 Å². The third-order valence-electron chi connectivity index (χ3n) is 13.1. The van der Waals surface area contributed by atoms with Gasteiger partial charge in [0.2, 0.25) is 0 Å². The number of aliphatic hydroxyl groups is 3. The van der Waals surface area contributed by atoms with Crippen molar-refractivity contribution in [3.05, 3.63) is 48.1 Å². The molecule has 4 N–H and O–H groups in total. The molecule has 0 bridgehead atoms. The summed E-state index contributed by atoms with van der Waals surface area (Å²) in [6.45, 7) is 13.3. The second kappa shape index (κ2) is 23.8. The molecule has 0 spiro atoms. The maximum Gasteiger partial charge on any atom is 0.410 e. The number of allylic oxidation sites excluding steroid dienone is 2. The van der Waals surface area contributed by atoms with Crippen LogP contribution in [0.15, 0.2) is 48.1 Å². The van der Waals surface area contributed by atoms with Gasteiger partial charge in [-0.15, -0.1) is 0 Å². The summed E-state index contributed by atoms with van der Waals surface area (Å²) in [6, 6.07) is -0.213. The lowest BCUT2D eigenvalue weighted by Crippen LogP contribution is -2.56. The second-order valence-corrected chi connectivity index (χ2v) is 18.3. The average molecular weight is 888 g/mol. The number of aliphatic carboxylic acids is 1. The molecule has 4 aliphatic rings. The molecule has 0 aliphatic carbocycles. The van der Waals surface area contributed by atoms with Crippen LogP contribution >= 0.6 is 0 Å². The number of carbonyl (C=O) groups excluding carboxylic acids is 4. The Bertz CT molecular complexity index is 1680. The molecule has 3 amide bonds. The number of unbranched alkanes of at least 4 members (excludes halogenated alkanes) is 3. The van der Waals surface area contributed by atoms with Crippen molar-refractivity contribution in [1.82, 2.24) is 14.7 Å². The van der Waals surface area contributed by atoms with Gasteiger partial charge in [-0.2, -0.15) is 0 Å². The lowest BCUT2D eigenvalue weighted by Gasteiger charge is -2.42. The predicted octanol–water partition coefficient (Wildman–Crippen LogP) is 4.70. The van der Waals surface area contributed by atoms with Gasteiger partial charge in [0.25, 0.3) is 11.8 Å². The van der Waals surface area contributed by atoms with Gasteiger partial charge < -0.3 is 44.3 Å². The Morgan fingerprint density at radius 3 is 2.41 bits per heavy atom. The number of piperazine rings is 1. The molecule has 4 aliphatic heterocycles. The monoisotopic (exact) mass is 888 g/mol. The van der Waals surface area contributed by atoms with Crippen molar-refractivity contribution in [3.8, 4) is 0 Å². The Hall–Kier alpha value is -3.93. The van der Waals surface area contributed by atoms with Crippen molar-refractivity contribution in [3.63, 3.8) is 0 Å². The Balaban J connectivity index is 1.42. The second-order valence-electron chi connectivity index (χ2n) is 18.3. The lowest BCUT2D eigenvalue weighted by atomic mass is 9.88. The zero-order valence-electron chi connectivity index (χ0n) is 38.4. The third-order valence-corrected chi connectivity index (χ3v) is 13.1. The highest BCUT2D eigenvalue weighted by atomic mass is 16.6. The van der Waals surface area contributed by atoms with Crippen LogP contribution in [0.5, 0.6) is 0 Å². The number of epoxide rings is 1. The number of carboxylic acids is 1. The van der Waals surface area contributed by atoms with E-state index in [2.05, 4.69) is 4.90 Å². The van der Waals surface area contributed by atoms with Crippen LogP contribution in [0.1, 0.15) is 112 Å². The molecule has 63 heavy (non-hydrogen) atoms. The number of imide groups is 1. The predicted molar refractivity (Wildman–Crippen MR) is 234 cm³/mol. The molecule has 16 nitrogen and oxygen atoms in total. The molecule has 0 saturated carbocycles. The minimum Gasteiger partial charge on any atom is -0.481 e. The Morgan fingerprint density at radius 1 is 1.08 bits per heavy atom. The minimum absolute atomic E-state index is 0.0401. The number of rotatable bonds is 20. The van der Waals surface area contributed by atoms with Gasteiger partial charge in [0.15, 0.2) is 6.10 Å². The molecule has 0 aromatic rings. The number of methoxy groups -OCH3 is 1. The van der Waals surface area contributed by atoms with Gasteiger partial charge in [0, 0.05) is 76.2 Å². The first-order valence-corrected chi connectivity index (χ1v) is 22.7. The number of ether oxygens (including phenoxy) is 4. The van der Waals surface area contributed by atoms with Crippen molar-refractivity contribution in [2.24, 2.45) is 11.8 Å². The van der Waals surface area contributed by atoms with E-state index in [1.54, 1.807) is 43.1 Å². The summed E-state index contributed by atoms with van der Waals surface area (Å²) in [5.41, 5.74) is -1.60. The highest BCUT2D eigenvalue weighted by Gasteiger charge is 2.47. The van der Waals surface area contributed by atoms with Gasteiger partial charge >= 0.3 is 18.0 Å². The molecule has 0 radical (unpaired) electrons. The van der Waals surface area contributed by atoms with E-state index in [1.807, 2.05) is 33.8 Å². The normalized spacial score (nSPS) is 31.2. The summed E-state index contributed by atoms with van der Waals surface area (Å²) in [7, 11) is 1.51. The van der Waals surface area contributed by atoms with Gasteiger partial charge in [0.1, 0.15) is 11.7 Å². The van der Waals surface area contributed by atoms with Crippen LogP contribution in [0.2, 0.25) is 0 Å². The number of amides is 3. The number of nitrogens with zero attached hydrogens (tertiary/aromatic N) is 3. The van der Waals surface area contributed by atoms with E-state index in [0.717, 1.165) is 19.3 Å². The zero-order valence-corrected chi connectivity index (χ0v) is 38.4. The summed E-state index contributed by atoms with van der Waals surface area (Å²) in [5, 5.41) is 41.8. The van der Waals surface area contributed by atoms with E-state index in [1.165, 1.54) is 24.2 Å². The van der Waals surface area contributed by atoms with Crippen molar-refractivity contribution < 1.29 is 63.3 Å². The van der Waals surface area contributed by atoms with Gasteiger partial charge in [-0.05, 0) is 77.5 Å². The van der Waals surface area contributed by atoms with E-state index in [9.17, 15) is 44.4 Å². The SMILES string of the molecule is CC[C@H](O)[C@@H](C)[C@H]1O[C@@H]1CC(C)(O)/C=C/C=C(\C)[C@H]1OC(=O)C[C@H](O)CC[C@@](C)(OC)[C@@H](OC(=O)N2CCN(CCCCCCN3C(=O)C=CC3=O)[C@H](CCC(=O)O)C2)/C=C/[C@@H]1C. The molecule has 2 saturated heterocycles. The Labute approximate surface area is 372 Å². The largest absolute Gasteiger partial charge is 0.481 e. The molecule has 11 atom stereocenters. The maximum atomic E-state index is 14.0. The molecular weight excluding hydrogens is 815 g/mol. The first-order chi connectivity index (χ1) is 29.8. The van der Waals surface area contributed by atoms with E-state index < -0.39 is 59.6 Å². The molecule has 2 fully saturated rings. The number of esters is 1. The number of aliphatic hydroxyl groups excluding tert-OH is 2. The summed E-state index contributed by atoms with van der Waals surface area (Å²) in [5.74, 6) is -2.52. The Kier molecular flexibility index (Phi) is 19.6. The van der Waals surface area contributed by atoms with Crippen LogP contribution in [-0.2, 0) is 38.1 Å². The third kappa shape index (κ3) is 15.6. The first-order valence-electron chi connectivity index (χ1n) is 22.7. The summed E-state index contributed by atoms with van der Waals surface area (Å²) in [6.07, 6.45) is 11.9. The van der Waals surface area contributed by atoms with Crippen molar-refractivity contribution in [2.45, 2.75) is 166 Å². The number of cyclic esters (lactones) is 1. The van der Waals surface area contributed by atoms with Crippen LogP contribution < -0.4 is 0 Å². The van der Waals surface area contributed by atoms with Gasteiger partial charge in [-0.1, -0.05) is 57.9 Å². The van der Waals surface area contributed by atoms with Crippen molar-refractivity contribution >= 4 is 29.8 Å². The quantitative estimate of drug-likeness (QED) is 0.0326. The number of hydrogen-bond acceptors (Lipinski definition) is 13. The van der Waals surface area contributed by atoms with Crippen LogP contribution in [0.4, 0.5) is 4.79 Å². The summed E-state index contributed by atoms with van der Waals surface area (Å²) in [4.78, 5) is 67.4. The van der Waals surface area contributed by atoms with Crippen LogP contribution in [-0.4, -0.2) is 159 Å². The Morgan fingerprint density at radius 2 is 1.76 bits per heavy atom. The molecule has 0 aromatic carbocycles. The fourth-order valence-corrected chi connectivity index (χ4v) is 8.70. The summed E-state index contributed by atoms with van der Waals surface area (Å²) < 4.78 is 23.9. The topological polar surface area (TPSA) is 216 Å². The van der Waals surface area contributed by atoms with Crippen LogP contribution in [0.25, 0.3) is 0 Å². The van der Waals surface area contributed by atoms with Crippen molar-refractivity contribution in [1.29, 1.82) is 0 Å². The molecular formula is C47H73N3O13. The molecule has 354 valence electrons. The van der Waals surface area contributed by atoms with E-state index >= 15 is 0 Å². The van der Waals surface area contributed by atoms with Gasteiger partial charge in [-0.3, -0.25) is 29.0 Å². The smallest absolute Gasteiger partial charge is 0.410 e. The number of carboxylic acid groups (broad SMARTS) is 1. The molecule has 1 unspecified atom stereocenters. The van der Waals surface area contributed by atoms with E-state index in [-0.39, 0.29) is 68.2 Å². The maximum absolute atomic E-state index is 14.0. The van der Waals surface area contributed by atoms with Crippen LogP contribution in [0, 0.1) is 11.8 Å². The summed E-state index contributed by atoms with van der Waals surface area (Å²) >= 11 is 0. The van der Waals surface area contributed by atoms with Gasteiger partial charge in [-0.25, -0.2) is 4.79 Å². The zero-order chi connectivity index (χ0) is 46.5. The fraction of sp³-hybridized carbons (Fsp3) is 0.723. The van der Waals surface area contributed by atoms with E-state index in [0.29, 0.717) is 57.4 Å². The highest BCUT2D eigenvalue weighted by molar-refractivity contribution is 6.12. The molecule has 4 heterocycles. The fourth-order valence-electron chi connectivity index (χ4n) is 8.70. The highest BCUT2D eigenvalue weighted by Crippen LogP contribution is 2.38. The van der Waals surface area contributed by atoms with Gasteiger partial charge in [0.05, 0.1) is 36.4 Å². The molecule has 0 aromatic heterocycles. The minimum atomic E-state index is -1.20. The van der Waals surface area contributed by atoms with Crippen LogP contribution in [0.3, 0.4) is 0 Å². The average Bonchev–Trinajstić information content (AvgIpc) is 3.92.